The first-order valence-electron chi connectivity index (χ1n) is 5.53. The molecule has 0 fully saturated rings. The van der Waals surface area contributed by atoms with E-state index in [0.717, 1.165) is 0 Å². The molecule has 1 aliphatic carbocycles. The van der Waals surface area contributed by atoms with Crippen molar-refractivity contribution >= 4 is 11.1 Å². The quantitative estimate of drug-likeness (QED) is 0.625. The van der Waals surface area contributed by atoms with Gasteiger partial charge in [0.15, 0.2) is 0 Å². The van der Waals surface area contributed by atoms with Gasteiger partial charge in [-0.05, 0) is 47.6 Å². The molecule has 1 aliphatic rings. The highest BCUT2D eigenvalue weighted by atomic mass is 14.3. The Kier molecular flexibility index (Phi) is 2.30. The topological polar surface area (TPSA) is 0 Å². The molecule has 0 N–H and O–H groups in total. The Balaban J connectivity index is 2.65. The van der Waals surface area contributed by atoms with Crippen molar-refractivity contribution in [2.45, 2.75) is 27.7 Å². The monoisotopic (exact) mass is 198 g/mol. The second-order valence-electron chi connectivity index (χ2n) is 4.72. The first kappa shape index (κ1) is 10.2. The molecule has 0 heteroatoms. The number of rotatable bonds is 1. The van der Waals surface area contributed by atoms with Crippen molar-refractivity contribution in [2.24, 2.45) is 5.92 Å². The van der Waals surface area contributed by atoms with Crippen molar-refractivity contribution in [3.8, 4) is 0 Å². The van der Waals surface area contributed by atoms with Crippen molar-refractivity contribution in [1.82, 2.24) is 0 Å². The van der Waals surface area contributed by atoms with E-state index < -0.39 is 0 Å². The van der Waals surface area contributed by atoms with E-state index in [1.54, 1.807) is 0 Å². The normalized spacial score (nSPS) is 15.1. The first-order chi connectivity index (χ1) is 7.02. The van der Waals surface area contributed by atoms with E-state index in [1.165, 1.54) is 33.4 Å². The van der Waals surface area contributed by atoms with Gasteiger partial charge in [-0.3, -0.25) is 0 Å². The standard InChI is InChI=1S/C15H18/c1-9(2)15-11(4)13-7-6-10(3)8-14(13)12(15)5/h6-9H,4H2,1-3,5H3. The second kappa shape index (κ2) is 3.37. The minimum atomic E-state index is 0.560. The van der Waals surface area contributed by atoms with E-state index >= 15 is 0 Å². The van der Waals surface area contributed by atoms with E-state index in [9.17, 15) is 0 Å². The molecule has 2 rings (SSSR count). The van der Waals surface area contributed by atoms with Gasteiger partial charge in [-0.1, -0.05) is 44.2 Å². The molecule has 1 aromatic rings. The molecule has 0 nitrogen and oxygen atoms in total. The van der Waals surface area contributed by atoms with E-state index in [0.29, 0.717) is 5.92 Å². The molecule has 78 valence electrons. The van der Waals surface area contributed by atoms with Crippen LogP contribution in [0.3, 0.4) is 0 Å². The fourth-order valence-corrected chi connectivity index (χ4v) is 2.53. The summed E-state index contributed by atoms with van der Waals surface area (Å²) in [5, 5.41) is 0. The van der Waals surface area contributed by atoms with Gasteiger partial charge in [0.25, 0.3) is 0 Å². The summed E-state index contributed by atoms with van der Waals surface area (Å²) in [6, 6.07) is 6.64. The molecule has 0 saturated heterocycles. The number of benzene rings is 1. The second-order valence-corrected chi connectivity index (χ2v) is 4.72. The maximum Gasteiger partial charge on any atom is -0.0111 e. The van der Waals surface area contributed by atoms with Gasteiger partial charge >= 0.3 is 0 Å². The lowest BCUT2D eigenvalue weighted by molar-refractivity contribution is 0.802. The van der Waals surface area contributed by atoms with Gasteiger partial charge in [-0.15, -0.1) is 0 Å². The molecule has 0 unspecified atom stereocenters. The smallest absolute Gasteiger partial charge is 0.0111 e. The van der Waals surface area contributed by atoms with Crippen LogP contribution in [0.25, 0.3) is 11.1 Å². The summed E-state index contributed by atoms with van der Waals surface area (Å²) < 4.78 is 0. The molecular formula is C15H18. The van der Waals surface area contributed by atoms with Crippen LogP contribution in [0.4, 0.5) is 0 Å². The lowest BCUT2D eigenvalue weighted by Gasteiger charge is -2.09. The minimum absolute atomic E-state index is 0.560. The van der Waals surface area contributed by atoms with E-state index in [-0.39, 0.29) is 0 Å². The Morgan fingerprint density at radius 3 is 2.33 bits per heavy atom. The highest BCUT2D eigenvalue weighted by Crippen LogP contribution is 2.43. The van der Waals surface area contributed by atoms with Gasteiger partial charge in [-0.25, -0.2) is 0 Å². The van der Waals surface area contributed by atoms with Crippen LogP contribution < -0.4 is 0 Å². The van der Waals surface area contributed by atoms with Crippen LogP contribution in [0.15, 0.2) is 30.4 Å². The van der Waals surface area contributed by atoms with Gasteiger partial charge in [-0.2, -0.15) is 0 Å². The third-order valence-corrected chi connectivity index (χ3v) is 3.21. The highest BCUT2D eigenvalue weighted by molar-refractivity contribution is 5.99. The molecule has 15 heavy (non-hydrogen) atoms. The number of hydrogen-bond donors (Lipinski definition) is 0. The Morgan fingerprint density at radius 1 is 1.07 bits per heavy atom. The van der Waals surface area contributed by atoms with Gasteiger partial charge in [0.1, 0.15) is 0 Å². The third kappa shape index (κ3) is 1.45. The Morgan fingerprint density at radius 2 is 1.73 bits per heavy atom. The molecule has 0 atom stereocenters. The molecule has 0 saturated carbocycles. The van der Waals surface area contributed by atoms with Crippen LogP contribution in [0.5, 0.6) is 0 Å². The SMILES string of the molecule is C=C1C(C(C)C)=C(C)c2cc(C)ccc21. The fraction of sp³-hybridized carbons (Fsp3) is 0.333. The molecular weight excluding hydrogens is 180 g/mol. The molecule has 0 bridgehead atoms. The number of allylic oxidation sites excluding steroid dienone is 3. The molecule has 0 aliphatic heterocycles. The van der Waals surface area contributed by atoms with E-state index in [4.69, 9.17) is 0 Å². The van der Waals surface area contributed by atoms with Crippen molar-refractivity contribution in [3.63, 3.8) is 0 Å². The molecule has 0 spiro atoms. The lowest BCUT2D eigenvalue weighted by atomic mass is 9.95. The van der Waals surface area contributed by atoms with Crippen LogP contribution in [-0.4, -0.2) is 0 Å². The van der Waals surface area contributed by atoms with Gasteiger partial charge < -0.3 is 0 Å². The minimum Gasteiger partial charge on any atom is -0.0908 e. The highest BCUT2D eigenvalue weighted by Gasteiger charge is 2.23. The Hall–Kier alpha value is -1.30. The summed E-state index contributed by atoms with van der Waals surface area (Å²) in [4.78, 5) is 0. The zero-order valence-electron chi connectivity index (χ0n) is 10.0. The van der Waals surface area contributed by atoms with Crippen LogP contribution in [0.1, 0.15) is 37.5 Å². The third-order valence-electron chi connectivity index (χ3n) is 3.21. The predicted octanol–water partition coefficient (Wildman–Crippen LogP) is 4.45. The first-order valence-corrected chi connectivity index (χ1v) is 5.53. The van der Waals surface area contributed by atoms with E-state index in [2.05, 4.69) is 52.5 Å². The summed E-state index contributed by atoms with van der Waals surface area (Å²) in [5.41, 5.74) is 8.08. The maximum atomic E-state index is 4.22. The number of hydrogen-bond acceptors (Lipinski definition) is 0. The zero-order chi connectivity index (χ0) is 11.2. The van der Waals surface area contributed by atoms with Crippen LogP contribution in [0.2, 0.25) is 0 Å². The average molecular weight is 198 g/mol. The van der Waals surface area contributed by atoms with E-state index in [1.807, 2.05) is 0 Å². The van der Waals surface area contributed by atoms with Crippen molar-refractivity contribution < 1.29 is 0 Å². The van der Waals surface area contributed by atoms with Crippen molar-refractivity contribution in [3.05, 3.63) is 47.0 Å². The summed E-state index contributed by atoms with van der Waals surface area (Å²) in [6.45, 7) is 13.1. The van der Waals surface area contributed by atoms with Gasteiger partial charge in [0, 0.05) is 0 Å². The number of aryl methyl sites for hydroxylation is 1. The number of fused-ring (bicyclic) bond motifs is 1. The van der Waals surface area contributed by atoms with Crippen molar-refractivity contribution in [1.29, 1.82) is 0 Å². The molecule has 0 amide bonds. The van der Waals surface area contributed by atoms with Crippen LogP contribution >= 0.6 is 0 Å². The summed E-state index contributed by atoms with van der Waals surface area (Å²) in [7, 11) is 0. The predicted molar refractivity (Wildman–Crippen MR) is 67.6 cm³/mol. The van der Waals surface area contributed by atoms with Gasteiger partial charge in [0.2, 0.25) is 0 Å². The molecule has 0 aromatic heterocycles. The Bertz CT molecular complexity index is 459. The maximum absolute atomic E-state index is 4.22. The Labute approximate surface area is 92.3 Å². The molecule has 0 heterocycles. The molecule has 0 radical (unpaired) electrons. The lowest BCUT2D eigenvalue weighted by Crippen LogP contribution is -1.92. The molecule has 1 aromatic carbocycles. The zero-order valence-corrected chi connectivity index (χ0v) is 10.0. The average Bonchev–Trinajstić information content (AvgIpc) is 2.39. The fourth-order valence-electron chi connectivity index (χ4n) is 2.53. The van der Waals surface area contributed by atoms with Gasteiger partial charge in [0.05, 0.1) is 0 Å². The van der Waals surface area contributed by atoms with Crippen LogP contribution in [-0.2, 0) is 0 Å². The summed E-state index contributed by atoms with van der Waals surface area (Å²) in [6.07, 6.45) is 0. The van der Waals surface area contributed by atoms with Crippen molar-refractivity contribution in [2.75, 3.05) is 0 Å². The summed E-state index contributed by atoms with van der Waals surface area (Å²) >= 11 is 0. The summed E-state index contributed by atoms with van der Waals surface area (Å²) in [5.74, 6) is 0.560. The van der Waals surface area contributed by atoms with Crippen LogP contribution in [0, 0.1) is 12.8 Å². The largest absolute Gasteiger partial charge is 0.0908 e.